The average Bonchev–Trinajstić information content (AvgIpc) is 2.72. The lowest BCUT2D eigenvalue weighted by Gasteiger charge is -2.10. The lowest BCUT2D eigenvalue weighted by Crippen LogP contribution is -2.29. The first-order chi connectivity index (χ1) is 13.0. The van der Waals surface area contributed by atoms with E-state index < -0.39 is 10.0 Å². The molecule has 0 fully saturated rings. The Bertz CT molecular complexity index is 1050. The van der Waals surface area contributed by atoms with E-state index in [9.17, 15) is 13.2 Å². The maximum atomic E-state index is 12.5. The number of hydrogen-bond acceptors (Lipinski definition) is 4. The highest BCUT2D eigenvalue weighted by Gasteiger charge is 2.16. The van der Waals surface area contributed by atoms with Gasteiger partial charge in [0.2, 0.25) is 10.0 Å². The van der Waals surface area contributed by atoms with E-state index in [1.165, 1.54) is 12.1 Å². The van der Waals surface area contributed by atoms with E-state index >= 15 is 0 Å². The van der Waals surface area contributed by atoms with Crippen LogP contribution in [0, 0.1) is 0 Å². The van der Waals surface area contributed by atoms with Gasteiger partial charge in [0.15, 0.2) is 5.78 Å². The van der Waals surface area contributed by atoms with Crippen molar-refractivity contribution in [2.75, 3.05) is 13.7 Å². The molecule has 0 heterocycles. The van der Waals surface area contributed by atoms with Gasteiger partial charge in [-0.3, -0.25) is 4.79 Å². The van der Waals surface area contributed by atoms with Crippen molar-refractivity contribution in [1.82, 2.24) is 4.72 Å². The van der Waals surface area contributed by atoms with Gasteiger partial charge in [-0.2, -0.15) is 0 Å². The molecule has 27 heavy (non-hydrogen) atoms. The van der Waals surface area contributed by atoms with E-state index in [1.54, 1.807) is 43.5 Å². The van der Waals surface area contributed by atoms with Gasteiger partial charge in [-0.25, -0.2) is 13.1 Å². The Hall–Kier alpha value is -2.96. The highest BCUT2D eigenvalue weighted by atomic mass is 32.2. The fourth-order valence-corrected chi connectivity index (χ4v) is 3.69. The van der Waals surface area contributed by atoms with Gasteiger partial charge in [-0.15, -0.1) is 0 Å². The summed E-state index contributed by atoms with van der Waals surface area (Å²) in [5.41, 5.74) is 2.11. The summed E-state index contributed by atoms with van der Waals surface area (Å²) in [6.45, 7) is -0.313. The zero-order valence-corrected chi connectivity index (χ0v) is 15.6. The molecule has 0 saturated carbocycles. The molecule has 0 aliphatic carbocycles. The van der Waals surface area contributed by atoms with E-state index in [4.69, 9.17) is 4.74 Å². The number of benzene rings is 3. The lowest BCUT2D eigenvalue weighted by molar-refractivity contribution is 0.0997. The van der Waals surface area contributed by atoms with Crippen LogP contribution in [0.25, 0.3) is 11.1 Å². The van der Waals surface area contributed by atoms with Crippen LogP contribution in [0.15, 0.2) is 83.8 Å². The SMILES string of the molecule is COc1ccccc1-c1cccc(C(=O)CNS(=O)(=O)c2ccccc2)c1. The first kappa shape index (κ1) is 18.8. The molecular weight excluding hydrogens is 362 g/mol. The summed E-state index contributed by atoms with van der Waals surface area (Å²) in [5, 5.41) is 0. The number of hydrogen-bond donors (Lipinski definition) is 1. The summed E-state index contributed by atoms with van der Waals surface area (Å²) in [4.78, 5) is 12.6. The number of ether oxygens (including phenoxy) is 1. The largest absolute Gasteiger partial charge is 0.496 e. The Morgan fingerprint density at radius 2 is 1.63 bits per heavy atom. The van der Waals surface area contributed by atoms with Gasteiger partial charge >= 0.3 is 0 Å². The van der Waals surface area contributed by atoms with Crippen molar-refractivity contribution in [2.45, 2.75) is 4.90 Å². The summed E-state index contributed by atoms with van der Waals surface area (Å²) in [7, 11) is -2.14. The van der Waals surface area contributed by atoms with E-state index in [0.29, 0.717) is 11.3 Å². The topological polar surface area (TPSA) is 72.5 Å². The number of methoxy groups -OCH3 is 1. The van der Waals surface area contributed by atoms with Gasteiger partial charge < -0.3 is 4.74 Å². The molecule has 0 spiro atoms. The number of nitrogens with one attached hydrogen (secondary N) is 1. The van der Waals surface area contributed by atoms with Gasteiger partial charge in [0.1, 0.15) is 5.75 Å². The number of rotatable bonds is 7. The summed E-state index contributed by atoms with van der Waals surface area (Å²) < 4.78 is 32.2. The number of sulfonamides is 1. The molecule has 3 aromatic rings. The highest BCUT2D eigenvalue weighted by molar-refractivity contribution is 7.89. The second kappa shape index (κ2) is 8.16. The molecule has 0 aromatic heterocycles. The van der Waals surface area contributed by atoms with E-state index in [-0.39, 0.29) is 17.2 Å². The Labute approximate surface area is 158 Å². The van der Waals surface area contributed by atoms with Crippen molar-refractivity contribution in [3.05, 3.63) is 84.4 Å². The smallest absolute Gasteiger partial charge is 0.240 e. The molecule has 0 radical (unpaired) electrons. The summed E-state index contributed by atoms with van der Waals surface area (Å²) in [6.07, 6.45) is 0. The predicted octanol–water partition coefficient (Wildman–Crippen LogP) is 3.52. The van der Waals surface area contributed by atoms with Crippen molar-refractivity contribution < 1.29 is 17.9 Å². The predicted molar refractivity (Wildman–Crippen MR) is 104 cm³/mol. The molecule has 3 rings (SSSR count). The van der Waals surface area contributed by atoms with Gasteiger partial charge in [0.05, 0.1) is 18.6 Å². The second-order valence-electron chi connectivity index (χ2n) is 5.84. The molecule has 3 aromatic carbocycles. The molecular formula is C21H19NO4S. The molecule has 0 unspecified atom stereocenters. The summed E-state index contributed by atoms with van der Waals surface area (Å²) in [6, 6.07) is 22.5. The van der Waals surface area contributed by atoms with Gasteiger partial charge in [0.25, 0.3) is 0 Å². The zero-order valence-electron chi connectivity index (χ0n) is 14.8. The van der Waals surface area contributed by atoms with Crippen molar-refractivity contribution in [3.8, 4) is 16.9 Å². The van der Waals surface area contributed by atoms with Crippen molar-refractivity contribution in [3.63, 3.8) is 0 Å². The van der Waals surface area contributed by atoms with Crippen LogP contribution in [0.3, 0.4) is 0 Å². The third-order valence-electron chi connectivity index (χ3n) is 4.08. The highest BCUT2D eigenvalue weighted by Crippen LogP contribution is 2.30. The Kier molecular flexibility index (Phi) is 5.69. The lowest BCUT2D eigenvalue weighted by atomic mass is 10.0. The fourth-order valence-electron chi connectivity index (χ4n) is 2.69. The van der Waals surface area contributed by atoms with Crippen LogP contribution in [0.1, 0.15) is 10.4 Å². The third-order valence-corrected chi connectivity index (χ3v) is 5.50. The molecule has 6 heteroatoms. The number of carbonyl (C=O) groups is 1. The molecule has 1 N–H and O–H groups in total. The number of carbonyl (C=O) groups excluding carboxylic acids is 1. The molecule has 0 bridgehead atoms. The number of para-hydroxylation sites is 1. The van der Waals surface area contributed by atoms with Crippen molar-refractivity contribution in [2.24, 2.45) is 0 Å². The van der Waals surface area contributed by atoms with Crippen molar-refractivity contribution >= 4 is 15.8 Å². The minimum absolute atomic E-state index is 0.126. The standard InChI is InChI=1S/C21H19NO4S/c1-26-21-13-6-5-12-19(21)16-8-7-9-17(14-16)20(23)15-22-27(24,25)18-10-3-2-4-11-18/h2-14,22H,15H2,1H3. The first-order valence-electron chi connectivity index (χ1n) is 8.32. The quantitative estimate of drug-likeness (QED) is 0.636. The average molecular weight is 381 g/mol. The van der Waals surface area contributed by atoms with Crippen LogP contribution in [0.5, 0.6) is 5.75 Å². The summed E-state index contributed by atoms with van der Waals surface area (Å²) >= 11 is 0. The van der Waals surface area contributed by atoms with Crippen LogP contribution < -0.4 is 9.46 Å². The second-order valence-corrected chi connectivity index (χ2v) is 7.61. The van der Waals surface area contributed by atoms with Gasteiger partial charge in [-0.05, 0) is 29.8 Å². The monoisotopic (exact) mass is 381 g/mol. The summed E-state index contributed by atoms with van der Waals surface area (Å²) in [5.74, 6) is 0.387. The molecule has 0 atom stereocenters. The molecule has 0 amide bonds. The minimum Gasteiger partial charge on any atom is -0.496 e. The Balaban J connectivity index is 1.78. The molecule has 0 saturated heterocycles. The molecule has 138 valence electrons. The first-order valence-corrected chi connectivity index (χ1v) is 9.81. The maximum Gasteiger partial charge on any atom is 0.240 e. The van der Waals surface area contributed by atoms with Gasteiger partial charge in [0, 0.05) is 11.1 Å². The molecule has 0 aliphatic heterocycles. The van der Waals surface area contributed by atoms with Crippen LogP contribution in [0.2, 0.25) is 0 Å². The molecule has 5 nitrogen and oxygen atoms in total. The van der Waals surface area contributed by atoms with Gasteiger partial charge in [-0.1, -0.05) is 54.6 Å². The maximum absolute atomic E-state index is 12.5. The Morgan fingerprint density at radius 3 is 2.37 bits per heavy atom. The Morgan fingerprint density at radius 1 is 0.926 bits per heavy atom. The normalized spacial score (nSPS) is 11.1. The third kappa shape index (κ3) is 4.42. The minimum atomic E-state index is -3.73. The fraction of sp³-hybridized carbons (Fsp3) is 0.0952. The van der Waals surface area contributed by atoms with Crippen LogP contribution >= 0.6 is 0 Å². The van der Waals surface area contributed by atoms with E-state index in [2.05, 4.69) is 4.72 Å². The van der Waals surface area contributed by atoms with Crippen molar-refractivity contribution in [1.29, 1.82) is 0 Å². The number of ketones is 1. The van der Waals surface area contributed by atoms with E-state index in [1.807, 2.05) is 30.3 Å². The van der Waals surface area contributed by atoms with Crippen LogP contribution in [-0.4, -0.2) is 27.9 Å². The van der Waals surface area contributed by atoms with Crippen LogP contribution in [-0.2, 0) is 10.0 Å². The van der Waals surface area contributed by atoms with Crippen LogP contribution in [0.4, 0.5) is 0 Å². The molecule has 0 aliphatic rings. The number of Topliss-reactive ketones (excluding diaryl/α,β-unsaturated/α-hetero) is 1. The zero-order chi connectivity index (χ0) is 19.3. The van der Waals surface area contributed by atoms with E-state index in [0.717, 1.165) is 11.1 Å².